The standard InChI is InChI=1S/C8H12N2O/c1-5-6(2)10-8-7(5)9-3-4-11-8/h5,9H,3-4H2,1-2H3/t5-/m0/s1. The van der Waals surface area contributed by atoms with Gasteiger partial charge in [-0.15, -0.1) is 0 Å². The normalized spacial score (nSPS) is 28.9. The van der Waals surface area contributed by atoms with Gasteiger partial charge in [0, 0.05) is 18.2 Å². The largest absolute Gasteiger partial charge is 0.475 e. The lowest BCUT2D eigenvalue weighted by molar-refractivity contribution is 0.189. The van der Waals surface area contributed by atoms with Crippen LogP contribution in [0.15, 0.2) is 16.6 Å². The molecule has 0 amide bonds. The monoisotopic (exact) mass is 152 g/mol. The van der Waals surface area contributed by atoms with E-state index < -0.39 is 0 Å². The summed E-state index contributed by atoms with van der Waals surface area (Å²) in [6.07, 6.45) is 0. The highest BCUT2D eigenvalue weighted by Gasteiger charge is 2.26. The number of nitrogens with one attached hydrogen (secondary N) is 1. The van der Waals surface area contributed by atoms with Crippen LogP contribution in [0.3, 0.4) is 0 Å². The van der Waals surface area contributed by atoms with E-state index in [2.05, 4.69) is 17.2 Å². The second kappa shape index (κ2) is 2.26. The summed E-state index contributed by atoms with van der Waals surface area (Å²) in [4.78, 5) is 4.30. The van der Waals surface area contributed by atoms with E-state index in [9.17, 15) is 0 Å². The molecule has 0 unspecified atom stereocenters. The Balaban J connectivity index is 2.30. The summed E-state index contributed by atoms with van der Waals surface area (Å²) in [7, 11) is 0. The molecule has 0 fully saturated rings. The van der Waals surface area contributed by atoms with E-state index in [-0.39, 0.29) is 0 Å². The van der Waals surface area contributed by atoms with Crippen molar-refractivity contribution in [3.8, 4) is 0 Å². The molecule has 0 aliphatic carbocycles. The van der Waals surface area contributed by atoms with Gasteiger partial charge < -0.3 is 10.1 Å². The predicted octanol–water partition coefficient (Wildman–Crippen LogP) is 0.886. The van der Waals surface area contributed by atoms with Crippen molar-refractivity contribution in [2.75, 3.05) is 13.2 Å². The molecule has 2 rings (SSSR count). The maximum absolute atomic E-state index is 5.37. The smallest absolute Gasteiger partial charge is 0.233 e. The average molecular weight is 152 g/mol. The van der Waals surface area contributed by atoms with Crippen molar-refractivity contribution >= 4 is 5.71 Å². The topological polar surface area (TPSA) is 33.6 Å². The van der Waals surface area contributed by atoms with Gasteiger partial charge in [0.15, 0.2) is 0 Å². The molecule has 0 saturated heterocycles. The van der Waals surface area contributed by atoms with Gasteiger partial charge in [-0.05, 0) is 6.92 Å². The first-order chi connectivity index (χ1) is 5.29. The van der Waals surface area contributed by atoms with Gasteiger partial charge in [-0.1, -0.05) is 6.92 Å². The summed E-state index contributed by atoms with van der Waals surface area (Å²) in [5.74, 6) is 1.23. The zero-order valence-electron chi connectivity index (χ0n) is 6.85. The predicted molar refractivity (Wildman–Crippen MR) is 43.3 cm³/mol. The molecule has 2 aliphatic heterocycles. The van der Waals surface area contributed by atoms with Crippen LogP contribution in [0.2, 0.25) is 0 Å². The molecule has 0 bridgehead atoms. The van der Waals surface area contributed by atoms with Gasteiger partial charge >= 0.3 is 0 Å². The number of allylic oxidation sites excluding steroid dienone is 1. The van der Waals surface area contributed by atoms with Crippen molar-refractivity contribution in [1.82, 2.24) is 5.32 Å². The summed E-state index contributed by atoms with van der Waals surface area (Å²) >= 11 is 0. The van der Waals surface area contributed by atoms with E-state index in [4.69, 9.17) is 4.74 Å². The van der Waals surface area contributed by atoms with Crippen LogP contribution in [-0.4, -0.2) is 18.9 Å². The SMILES string of the molecule is CC1=NC2=C(NCCO2)[C@H]1C. The third kappa shape index (κ3) is 0.914. The molecular formula is C8H12N2O. The molecule has 60 valence electrons. The minimum Gasteiger partial charge on any atom is -0.475 e. The zero-order valence-corrected chi connectivity index (χ0v) is 6.85. The van der Waals surface area contributed by atoms with Gasteiger partial charge in [0.1, 0.15) is 6.61 Å². The Bertz CT molecular complexity index is 242. The highest BCUT2D eigenvalue weighted by Crippen LogP contribution is 2.25. The molecule has 3 nitrogen and oxygen atoms in total. The van der Waals surface area contributed by atoms with Gasteiger partial charge in [0.25, 0.3) is 0 Å². The third-order valence-corrected chi connectivity index (χ3v) is 2.22. The molecule has 0 aromatic carbocycles. The van der Waals surface area contributed by atoms with Crippen molar-refractivity contribution in [2.24, 2.45) is 10.9 Å². The summed E-state index contributed by atoms with van der Waals surface area (Å²) in [6, 6.07) is 0. The van der Waals surface area contributed by atoms with Crippen LogP contribution in [0.1, 0.15) is 13.8 Å². The van der Waals surface area contributed by atoms with Crippen LogP contribution < -0.4 is 5.32 Å². The Labute approximate surface area is 66.2 Å². The van der Waals surface area contributed by atoms with Crippen LogP contribution in [0.25, 0.3) is 0 Å². The van der Waals surface area contributed by atoms with E-state index in [1.807, 2.05) is 6.92 Å². The second-order valence-corrected chi connectivity index (χ2v) is 2.97. The highest BCUT2D eigenvalue weighted by molar-refractivity contribution is 5.89. The molecule has 2 aliphatic rings. The van der Waals surface area contributed by atoms with Gasteiger partial charge in [-0.3, -0.25) is 0 Å². The Morgan fingerprint density at radius 3 is 3.18 bits per heavy atom. The number of nitrogens with zero attached hydrogens (tertiary/aromatic N) is 1. The third-order valence-electron chi connectivity index (χ3n) is 2.22. The van der Waals surface area contributed by atoms with Crippen LogP contribution in [0.5, 0.6) is 0 Å². The number of hydrogen-bond acceptors (Lipinski definition) is 3. The van der Waals surface area contributed by atoms with Crippen LogP contribution in [0, 0.1) is 5.92 Å². The molecule has 0 aromatic rings. The van der Waals surface area contributed by atoms with Gasteiger partial charge in [-0.25, -0.2) is 4.99 Å². The maximum atomic E-state index is 5.37. The van der Waals surface area contributed by atoms with Crippen molar-refractivity contribution in [1.29, 1.82) is 0 Å². The molecule has 11 heavy (non-hydrogen) atoms. The first-order valence-electron chi connectivity index (χ1n) is 3.95. The lowest BCUT2D eigenvalue weighted by atomic mass is 10.1. The van der Waals surface area contributed by atoms with E-state index in [0.717, 1.165) is 30.4 Å². The van der Waals surface area contributed by atoms with E-state index >= 15 is 0 Å². The quantitative estimate of drug-likeness (QED) is 0.559. The van der Waals surface area contributed by atoms with Crippen molar-refractivity contribution in [3.05, 3.63) is 11.6 Å². The minimum atomic E-state index is 0.422. The lowest BCUT2D eigenvalue weighted by Crippen LogP contribution is -2.28. The molecule has 0 spiro atoms. The average Bonchev–Trinajstić information content (AvgIpc) is 2.30. The minimum absolute atomic E-state index is 0.422. The molecule has 0 aromatic heterocycles. The number of aliphatic imine (C=N–C) groups is 1. The van der Waals surface area contributed by atoms with Crippen LogP contribution in [0.4, 0.5) is 0 Å². The molecule has 2 heterocycles. The van der Waals surface area contributed by atoms with Crippen molar-refractivity contribution < 1.29 is 4.74 Å². The summed E-state index contributed by atoms with van der Waals surface area (Å²) in [6.45, 7) is 5.82. The summed E-state index contributed by atoms with van der Waals surface area (Å²) in [5.41, 5.74) is 2.30. The molecule has 1 N–H and O–H groups in total. The Morgan fingerprint density at radius 2 is 2.45 bits per heavy atom. The van der Waals surface area contributed by atoms with Gasteiger partial charge in [0.2, 0.25) is 5.88 Å². The molecule has 1 atom stereocenters. The Kier molecular flexibility index (Phi) is 1.37. The van der Waals surface area contributed by atoms with Gasteiger partial charge in [-0.2, -0.15) is 0 Å². The fourth-order valence-corrected chi connectivity index (χ4v) is 1.38. The first-order valence-corrected chi connectivity index (χ1v) is 3.95. The van der Waals surface area contributed by atoms with E-state index in [0.29, 0.717) is 5.92 Å². The highest BCUT2D eigenvalue weighted by atomic mass is 16.5. The fraction of sp³-hybridized carbons (Fsp3) is 0.625. The van der Waals surface area contributed by atoms with Crippen LogP contribution >= 0.6 is 0 Å². The van der Waals surface area contributed by atoms with Crippen LogP contribution in [-0.2, 0) is 4.74 Å². The van der Waals surface area contributed by atoms with Crippen molar-refractivity contribution in [2.45, 2.75) is 13.8 Å². The molecular weight excluding hydrogens is 140 g/mol. The van der Waals surface area contributed by atoms with Gasteiger partial charge in [0.05, 0.1) is 5.70 Å². The maximum Gasteiger partial charge on any atom is 0.233 e. The Morgan fingerprint density at radius 1 is 1.64 bits per heavy atom. The number of rotatable bonds is 0. The van der Waals surface area contributed by atoms with E-state index in [1.165, 1.54) is 0 Å². The lowest BCUT2D eigenvalue weighted by Gasteiger charge is -2.18. The number of ether oxygens (including phenoxy) is 1. The number of hydrogen-bond donors (Lipinski definition) is 1. The van der Waals surface area contributed by atoms with Crippen molar-refractivity contribution in [3.63, 3.8) is 0 Å². The second-order valence-electron chi connectivity index (χ2n) is 2.97. The zero-order chi connectivity index (χ0) is 7.84. The van der Waals surface area contributed by atoms with E-state index in [1.54, 1.807) is 0 Å². The molecule has 0 radical (unpaired) electrons. The summed E-state index contributed by atoms with van der Waals surface area (Å²) < 4.78 is 5.37. The Hall–Kier alpha value is -0.990. The molecule has 3 heteroatoms. The first kappa shape index (κ1) is 6.70. The molecule has 0 saturated carbocycles. The summed E-state index contributed by atoms with van der Waals surface area (Å²) in [5, 5.41) is 3.30. The fourth-order valence-electron chi connectivity index (χ4n) is 1.38.